The first-order valence-corrected chi connectivity index (χ1v) is 22.1. The van der Waals surface area contributed by atoms with Gasteiger partial charge in [0, 0.05) is 22.5 Å². The van der Waals surface area contributed by atoms with Crippen molar-refractivity contribution in [2.24, 2.45) is 0 Å². The summed E-state index contributed by atoms with van der Waals surface area (Å²) in [6.45, 7) is 0. The third-order valence-corrected chi connectivity index (χ3v) is 13.5. The van der Waals surface area contributed by atoms with E-state index < -0.39 is 10.8 Å². The summed E-state index contributed by atoms with van der Waals surface area (Å²) in [5.74, 6) is 1.72. The number of para-hydroxylation sites is 3. The van der Waals surface area contributed by atoms with Crippen molar-refractivity contribution in [1.82, 2.24) is 0 Å². The normalized spacial score (nSPS) is 13.7. The number of ether oxygens (including phenoxy) is 1. The summed E-state index contributed by atoms with van der Waals surface area (Å²) in [6.07, 6.45) is 0. The summed E-state index contributed by atoms with van der Waals surface area (Å²) in [7, 11) is 0. The SMILES string of the molecule is c1ccc(-c2ccc(N(c3cccc(C4(c5ccccc5)c5ccccc5Oc5ccccc54)c3)c3ccccc3C3(c4ccccc4)c4ccccc4-c4ccccc43)cc2)cc1. The van der Waals surface area contributed by atoms with Gasteiger partial charge < -0.3 is 9.64 Å². The van der Waals surface area contributed by atoms with Crippen LogP contribution in [0.25, 0.3) is 22.3 Å². The van der Waals surface area contributed by atoms with Gasteiger partial charge >= 0.3 is 0 Å². The second-order valence-electron chi connectivity index (χ2n) is 16.7. The van der Waals surface area contributed by atoms with E-state index in [1.165, 1.54) is 50.1 Å². The Labute approximate surface area is 375 Å². The smallest absolute Gasteiger partial charge is 0.132 e. The summed E-state index contributed by atoms with van der Waals surface area (Å²) in [5.41, 5.74) is 16.3. The molecule has 0 radical (unpaired) electrons. The number of hydrogen-bond donors (Lipinski definition) is 0. The average Bonchev–Trinajstić information content (AvgIpc) is 3.68. The van der Waals surface area contributed by atoms with Gasteiger partial charge in [-0.25, -0.2) is 0 Å². The standard InChI is InChI=1S/C62H43NO/c1-4-21-44(22-5-1)45-39-41-49(42-40-45)63(58-36-17-14-33-55(58)62(47-25-8-3-9-26-47)53-31-12-10-29-51(53)52-30-11-13-32-54(52)62)50-28-20-27-48(43-50)61(46-23-6-2-7-24-46)56-34-15-18-37-59(56)64-60-38-19-16-35-57(60)61/h1-43H. The molecule has 0 saturated heterocycles. The lowest BCUT2D eigenvalue weighted by molar-refractivity contribution is 0.434. The van der Waals surface area contributed by atoms with Crippen LogP contribution in [0.3, 0.4) is 0 Å². The van der Waals surface area contributed by atoms with E-state index in [0.29, 0.717) is 0 Å². The second-order valence-corrected chi connectivity index (χ2v) is 16.7. The van der Waals surface area contributed by atoms with E-state index in [1.54, 1.807) is 0 Å². The van der Waals surface area contributed by atoms with Crippen molar-refractivity contribution in [2.45, 2.75) is 10.8 Å². The highest BCUT2D eigenvalue weighted by Gasteiger charge is 2.48. The van der Waals surface area contributed by atoms with Crippen LogP contribution >= 0.6 is 0 Å². The molecule has 10 aromatic rings. The summed E-state index contributed by atoms with van der Waals surface area (Å²) in [6, 6.07) is 95.1. The molecular formula is C62H43NO. The Hall–Kier alpha value is -8.20. The molecule has 0 N–H and O–H groups in total. The van der Waals surface area contributed by atoms with Crippen molar-refractivity contribution in [1.29, 1.82) is 0 Å². The zero-order chi connectivity index (χ0) is 42.5. The van der Waals surface area contributed by atoms with Crippen LogP contribution in [-0.4, -0.2) is 0 Å². The Morgan fingerprint density at radius 2 is 0.719 bits per heavy atom. The molecule has 10 aromatic carbocycles. The lowest BCUT2D eigenvalue weighted by Gasteiger charge is -2.42. The molecule has 0 fully saturated rings. The van der Waals surface area contributed by atoms with Crippen molar-refractivity contribution in [3.63, 3.8) is 0 Å². The topological polar surface area (TPSA) is 12.5 Å². The Morgan fingerprint density at radius 3 is 1.31 bits per heavy atom. The van der Waals surface area contributed by atoms with Gasteiger partial charge in [0.05, 0.1) is 16.5 Å². The van der Waals surface area contributed by atoms with Gasteiger partial charge in [0.15, 0.2) is 0 Å². The van der Waals surface area contributed by atoms with E-state index in [-0.39, 0.29) is 0 Å². The molecular weight excluding hydrogens is 775 g/mol. The highest BCUT2D eigenvalue weighted by Crippen LogP contribution is 2.60. The van der Waals surface area contributed by atoms with E-state index in [0.717, 1.165) is 45.3 Å². The van der Waals surface area contributed by atoms with Gasteiger partial charge in [-0.3, -0.25) is 0 Å². The number of nitrogens with zero attached hydrogens (tertiary/aromatic N) is 1. The number of anilines is 3. The van der Waals surface area contributed by atoms with Crippen LogP contribution in [0.2, 0.25) is 0 Å². The molecule has 2 heteroatoms. The molecule has 1 heterocycles. The summed E-state index contributed by atoms with van der Waals surface area (Å²) >= 11 is 0. The average molecular weight is 818 g/mol. The highest BCUT2D eigenvalue weighted by atomic mass is 16.5. The van der Waals surface area contributed by atoms with E-state index >= 15 is 0 Å². The third kappa shape index (κ3) is 5.66. The third-order valence-electron chi connectivity index (χ3n) is 13.5. The van der Waals surface area contributed by atoms with Crippen molar-refractivity contribution in [2.75, 3.05) is 4.90 Å². The number of hydrogen-bond acceptors (Lipinski definition) is 2. The molecule has 0 bridgehead atoms. The zero-order valence-electron chi connectivity index (χ0n) is 35.2. The Kier molecular flexibility index (Phi) is 8.98. The Bertz CT molecular complexity index is 3210. The minimum Gasteiger partial charge on any atom is -0.457 e. The number of fused-ring (bicyclic) bond motifs is 5. The van der Waals surface area contributed by atoms with Crippen LogP contribution in [0.1, 0.15) is 44.5 Å². The van der Waals surface area contributed by atoms with Crippen molar-refractivity contribution in [3.8, 4) is 33.8 Å². The fourth-order valence-corrected chi connectivity index (χ4v) is 10.9. The van der Waals surface area contributed by atoms with Crippen molar-refractivity contribution >= 4 is 17.1 Å². The van der Waals surface area contributed by atoms with Crippen LogP contribution < -0.4 is 9.64 Å². The molecule has 2 aliphatic rings. The van der Waals surface area contributed by atoms with Crippen LogP contribution in [-0.2, 0) is 10.8 Å². The van der Waals surface area contributed by atoms with Crippen LogP contribution in [0, 0.1) is 0 Å². The van der Waals surface area contributed by atoms with Crippen molar-refractivity contribution in [3.05, 3.63) is 305 Å². The first-order valence-electron chi connectivity index (χ1n) is 22.1. The Balaban J connectivity index is 1.15. The molecule has 302 valence electrons. The molecule has 2 nitrogen and oxygen atoms in total. The molecule has 0 atom stereocenters. The van der Waals surface area contributed by atoms with E-state index in [9.17, 15) is 0 Å². The molecule has 0 amide bonds. The molecule has 0 spiro atoms. The minimum absolute atomic E-state index is 0.616. The largest absolute Gasteiger partial charge is 0.457 e. The first kappa shape index (κ1) is 37.6. The number of benzene rings is 10. The lowest BCUT2D eigenvalue weighted by atomic mass is 9.63. The van der Waals surface area contributed by atoms with Gasteiger partial charge in [-0.15, -0.1) is 0 Å². The monoisotopic (exact) mass is 817 g/mol. The zero-order valence-corrected chi connectivity index (χ0v) is 35.2. The summed E-state index contributed by atoms with van der Waals surface area (Å²) in [4.78, 5) is 2.48. The molecule has 0 unspecified atom stereocenters. The van der Waals surface area contributed by atoms with E-state index in [4.69, 9.17) is 4.74 Å². The molecule has 64 heavy (non-hydrogen) atoms. The molecule has 1 aliphatic carbocycles. The maximum Gasteiger partial charge on any atom is 0.132 e. The summed E-state index contributed by atoms with van der Waals surface area (Å²) < 4.78 is 6.71. The fourth-order valence-electron chi connectivity index (χ4n) is 10.9. The highest BCUT2D eigenvalue weighted by molar-refractivity contribution is 5.90. The van der Waals surface area contributed by atoms with Crippen molar-refractivity contribution < 1.29 is 4.74 Å². The van der Waals surface area contributed by atoms with Crippen LogP contribution in [0.15, 0.2) is 261 Å². The molecule has 12 rings (SSSR count). The van der Waals surface area contributed by atoms with E-state index in [2.05, 4.69) is 266 Å². The van der Waals surface area contributed by atoms with Gasteiger partial charge in [-0.2, -0.15) is 0 Å². The van der Waals surface area contributed by atoms with E-state index in [1.807, 2.05) is 0 Å². The maximum atomic E-state index is 6.71. The number of rotatable bonds is 8. The minimum atomic E-state index is -0.681. The molecule has 0 saturated carbocycles. The Morgan fingerprint density at radius 1 is 0.281 bits per heavy atom. The summed E-state index contributed by atoms with van der Waals surface area (Å²) in [5, 5.41) is 0. The maximum absolute atomic E-state index is 6.71. The quantitative estimate of drug-likeness (QED) is 0.151. The fraction of sp³-hybridized carbons (Fsp3) is 0.0323. The molecule has 1 aliphatic heterocycles. The molecule has 0 aromatic heterocycles. The van der Waals surface area contributed by atoms with Crippen LogP contribution in [0.4, 0.5) is 17.1 Å². The van der Waals surface area contributed by atoms with Gasteiger partial charge in [0.2, 0.25) is 0 Å². The van der Waals surface area contributed by atoms with Gasteiger partial charge in [0.1, 0.15) is 11.5 Å². The predicted octanol–water partition coefficient (Wildman–Crippen LogP) is 15.7. The lowest BCUT2D eigenvalue weighted by Crippen LogP contribution is -2.34. The second kappa shape index (κ2) is 15.3. The van der Waals surface area contributed by atoms with Gasteiger partial charge in [-0.1, -0.05) is 218 Å². The van der Waals surface area contributed by atoms with Crippen LogP contribution in [0.5, 0.6) is 11.5 Å². The van der Waals surface area contributed by atoms with Gasteiger partial charge in [0.25, 0.3) is 0 Å². The predicted molar refractivity (Wildman–Crippen MR) is 262 cm³/mol. The van der Waals surface area contributed by atoms with Gasteiger partial charge in [-0.05, 0) is 98.1 Å². The first-order chi connectivity index (χ1) is 31.8.